The number of esters is 1. The Hall–Kier alpha value is -4.47. The third-order valence-electron chi connectivity index (χ3n) is 8.78. The van der Waals surface area contributed by atoms with E-state index in [0.717, 1.165) is 60.7 Å². The molecule has 3 aromatic heterocycles. The second kappa shape index (κ2) is 12.7. The Bertz CT molecular complexity index is 2020. The molecule has 0 aliphatic carbocycles. The molecule has 1 aliphatic rings. The molecule has 6 aromatic rings. The second-order valence-corrected chi connectivity index (χ2v) is 13.1. The first-order valence-corrected chi connectivity index (χ1v) is 16.2. The number of carbonyl (C=O) groups is 1. The normalized spacial score (nSPS) is 14.5. The van der Waals surface area contributed by atoms with Gasteiger partial charge in [-0.05, 0) is 85.3 Å². The average Bonchev–Trinajstić information content (AvgIpc) is 3.79. The summed E-state index contributed by atoms with van der Waals surface area (Å²) in [5, 5.41) is 11.3. The first kappa shape index (κ1) is 30.2. The fourth-order valence-corrected chi connectivity index (χ4v) is 6.75. The zero-order valence-electron chi connectivity index (χ0n) is 25.9. The topological polar surface area (TPSA) is 91.8 Å². The minimum Gasteiger partial charge on any atom is -0.461 e. The molecule has 8 nitrogen and oxygen atoms in total. The van der Waals surface area contributed by atoms with Crippen LogP contribution in [0.1, 0.15) is 42.7 Å². The lowest BCUT2D eigenvalue weighted by Gasteiger charge is -2.32. The molecule has 0 unspecified atom stereocenters. The Morgan fingerprint density at radius 2 is 1.89 bits per heavy atom. The number of hydrogen-bond acceptors (Lipinski definition) is 5. The van der Waals surface area contributed by atoms with E-state index in [9.17, 15) is 9.18 Å². The van der Waals surface area contributed by atoms with E-state index in [2.05, 4.69) is 61.6 Å². The van der Waals surface area contributed by atoms with E-state index in [1.54, 1.807) is 6.07 Å². The molecule has 0 saturated carbocycles. The first-order valence-electron chi connectivity index (χ1n) is 15.8. The van der Waals surface area contributed by atoms with Crippen molar-refractivity contribution in [1.82, 2.24) is 29.9 Å². The molecule has 1 fully saturated rings. The minimum atomic E-state index is -0.490. The number of likely N-dealkylation sites (tertiary alicyclic amines) is 1. The van der Waals surface area contributed by atoms with Gasteiger partial charge in [0.15, 0.2) is 0 Å². The summed E-state index contributed by atoms with van der Waals surface area (Å²) in [5.74, 6) is -0.247. The first-order chi connectivity index (χ1) is 22.3. The number of aromatic amines is 2. The average molecular weight is 639 g/mol. The van der Waals surface area contributed by atoms with E-state index in [1.165, 1.54) is 23.1 Å². The van der Waals surface area contributed by atoms with Crippen molar-refractivity contribution in [3.05, 3.63) is 95.2 Å². The van der Waals surface area contributed by atoms with Crippen molar-refractivity contribution in [2.24, 2.45) is 11.8 Å². The Morgan fingerprint density at radius 1 is 1.04 bits per heavy atom. The van der Waals surface area contributed by atoms with Gasteiger partial charge in [0, 0.05) is 57.2 Å². The lowest BCUT2D eigenvalue weighted by Crippen LogP contribution is -2.34. The van der Waals surface area contributed by atoms with Gasteiger partial charge in [-0.1, -0.05) is 54.9 Å². The summed E-state index contributed by atoms with van der Waals surface area (Å²) in [6, 6.07) is 19.1. The SMILES string of the molecule is CC(C)COC(=O)c1[nH]c2ccc(F)cc2c1-c1cn(CC2CCN(Cc3ccc(-c4cccc5[nH]ccc45)c(Cl)c3)CC2)nn1. The quantitative estimate of drug-likeness (QED) is 0.156. The number of halogens is 2. The smallest absolute Gasteiger partial charge is 0.355 e. The van der Waals surface area contributed by atoms with E-state index in [0.29, 0.717) is 28.1 Å². The Balaban J connectivity index is 1.00. The van der Waals surface area contributed by atoms with Crippen LogP contribution in [0.15, 0.2) is 73.1 Å². The van der Waals surface area contributed by atoms with Crippen LogP contribution in [0.2, 0.25) is 5.02 Å². The predicted molar refractivity (Wildman–Crippen MR) is 179 cm³/mol. The van der Waals surface area contributed by atoms with E-state index in [-0.39, 0.29) is 24.0 Å². The van der Waals surface area contributed by atoms with Crippen LogP contribution in [-0.2, 0) is 17.8 Å². The van der Waals surface area contributed by atoms with Crippen LogP contribution < -0.4 is 0 Å². The van der Waals surface area contributed by atoms with E-state index in [1.807, 2.05) is 37.0 Å². The van der Waals surface area contributed by atoms with Gasteiger partial charge in [0.1, 0.15) is 17.2 Å². The second-order valence-electron chi connectivity index (χ2n) is 12.7. The monoisotopic (exact) mass is 638 g/mol. The molecule has 0 amide bonds. The number of aromatic nitrogens is 5. The minimum absolute atomic E-state index is 0.191. The van der Waals surface area contributed by atoms with Crippen molar-refractivity contribution >= 4 is 39.4 Å². The van der Waals surface area contributed by atoms with Gasteiger partial charge in [0.2, 0.25) is 0 Å². The van der Waals surface area contributed by atoms with Crippen LogP contribution >= 0.6 is 11.6 Å². The van der Waals surface area contributed by atoms with Gasteiger partial charge in [0.25, 0.3) is 0 Å². The van der Waals surface area contributed by atoms with Gasteiger partial charge in [-0.25, -0.2) is 9.18 Å². The highest BCUT2D eigenvalue weighted by molar-refractivity contribution is 6.33. The van der Waals surface area contributed by atoms with Gasteiger partial charge in [-0.3, -0.25) is 9.58 Å². The molecule has 0 bridgehead atoms. The number of ether oxygens (including phenoxy) is 1. The number of benzene rings is 3. The van der Waals surface area contributed by atoms with E-state index < -0.39 is 5.97 Å². The number of fused-ring (bicyclic) bond motifs is 2. The molecule has 0 spiro atoms. The highest BCUT2D eigenvalue weighted by atomic mass is 35.5. The largest absolute Gasteiger partial charge is 0.461 e. The lowest BCUT2D eigenvalue weighted by atomic mass is 9.96. The van der Waals surface area contributed by atoms with Crippen molar-refractivity contribution in [3.8, 4) is 22.4 Å². The zero-order valence-corrected chi connectivity index (χ0v) is 26.6. The van der Waals surface area contributed by atoms with Gasteiger partial charge < -0.3 is 14.7 Å². The predicted octanol–water partition coefficient (Wildman–Crippen LogP) is 8.09. The summed E-state index contributed by atoms with van der Waals surface area (Å²) in [6.07, 6.45) is 5.86. The molecular formula is C36H36ClFN6O2. The van der Waals surface area contributed by atoms with Crippen molar-refractivity contribution in [2.75, 3.05) is 19.7 Å². The summed E-state index contributed by atoms with van der Waals surface area (Å²) in [6.45, 7) is 7.76. The highest BCUT2D eigenvalue weighted by Gasteiger charge is 2.25. The summed E-state index contributed by atoms with van der Waals surface area (Å²) < 4.78 is 21.6. The number of nitrogens with one attached hydrogen (secondary N) is 2. The van der Waals surface area contributed by atoms with Crippen LogP contribution in [0, 0.1) is 17.7 Å². The van der Waals surface area contributed by atoms with E-state index >= 15 is 0 Å². The van der Waals surface area contributed by atoms with Crippen molar-refractivity contribution < 1.29 is 13.9 Å². The molecule has 236 valence electrons. The fourth-order valence-electron chi connectivity index (χ4n) is 6.45. The molecular weight excluding hydrogens is 603 g/mol. The molecule has 0 atom stereocenters. The standard InChI is InChI=1S/C36H36ClFN6O2/c1-22(2)21-46-36(45)35-34(29-17-25(38)7-9-32(29)40-35)33-20-44(42-41-33)19-23-11-14-43(15-12-23)18-24-6-8-27(30(37)16-24)26-4-3-5-31-28(26)10-13-39-31/h3-10,13,16-17,20,22-23,39-40H,11-12,14-15,18-19,21H2,1-2H3. The van der Waals surface area contributed by atoms with Crippen LogP contribution in [0.3, 0.4) is 0 Å². The molecule has 4 heterocycles. The van der Waals surface area contributed by atoms with Gasteiger partial charge in [-0.15, -0.1) is 5.10 Å². The lowest BCUT2D eigenvalue weighted by molar-refractivity contribution is 0.0454. The molecule has 10 heteroatoms. The number of piperidine rings is 1. The molecule has 0 radical (unpaired) electrons. The van der Waals surface area contributed by atoms with Crippen LogP contribution in [0.4, 0.5) is 4.39 Å². The zero-order chi connectivity index (χ0) is 31.8. The summed E-state index contributed by atoms with van der Waals surface area (Å²) >= 11 is 6.81. The third kappa shape index (κ3) is 6.17. The number of rotatable bonds is 9. The molecule has 1 aliphatic heterocycles. The highest BCUT2D eigenvalue weighted by Crippen LogP contribution is 2.35. The van der Waals surface area contributed by atoms with Crippen molar-refractivity contribution in [3.63, 3.8) is 0 Å². The number of H-pyrrole nitrogens is 2. The van der Waals surface area contributed by atoms with Crippen molar-refractivity contribution in [2.45, 2.75) is 39.8 Å². The maximum Gasteiger partial charge on any atom is 0.355 e. The maximum absolute atomic E-state index is 14.2. The van der Waals surface area contributed by atoms with Crippen LogP contribution in [0.5, 0.6) is 0 Å². The van der Waals surface area contributed by atoms with Gasteiger partial charge in [-0.2, -0.15) is 0 Å². The molecule has 2 N–H and O–H groups in total. The molecule has 3 aromatic carbocycles. The Labute approximate surface area is 271 Å². The van der Waals surface area contributed by atoms with Crippen LogP contribution in [0.25, 0.3) is 44.2 Å². The van der Waals surface area contributed by atoms with E-state index in [4.69, 9.17) is 16.3 Å². The number of nitrogens with zero attached hydrogens (tertiary/aromatic N) is 4. The molecule has 46 heavy (non-hydrogen) atoms. The maximum atomic E-state index is 14.2. The number of hydrogen-bond donors (Lipinski definition) is 2. The Morgan fingerprint density at radius 3 is 2.70 bits per heavy atom. The fraction of sp³-hybridized carbons (Fsp3) is 0.306. The summed E-state index contributed by atoms with van der Waals surface area (Å²) in [7, 11) is 0. The summed E-state index contributed by atoms with van der Waals surface area (Å²) in [5.41, 5.74) is 6.40. The molecule has 1 saturated heterocycles. The van der Waals surface area contributed by atoms with Gasteiger partial charge in [0.05, 0.1) is 12.8 Å². The Kier molecular flexibility index (Phi) is 8.36. The van der Waals surface area contributed by atoms with Gasteiger partial charge >= 0.3 is 5.97 Å². The third-order valence-corrected chi connectivity index (χ3v) is 9.10. The van der Waals surface area contributed by atoms with Crippen LogP contribution in [-0.4, -0.2) is 55.5 Å². The number of carbonyl (C=O) groups excluding carboxylic acids is 1. The van der Waals surface area contributed by atoms with Crippen molar-refractivity contribution in [1.29, 1.82) is 0 Å². The molecule has 7 rings (SSSR count). The summed E-state index contributed by atoms with van der Waals surface area (Å²) in [4.78, 5) is 21.9.